The first-order valence-corrected chi connectivity index (χ1v) is 7.08. The fourth-order valence-corrected chi connectivity index (χ4v) is 2.19. The summed E-state index contributed by atoms with van der Waals surface area (Å²) in [6.45, 7) is 11.6. The van der Waals surface area contributed by atoms with Crippen LogP contribution in [0.4, 0.5) is 0 Å². The summed E-state index contributed by atoms with van der Waals surface area (Å²) in [5.74, 6) is 1.55. The third-order valence-electron chi connectivity index (χ3n) is 3.82. The van der Waals surface area contributed by atoms with E-state index in [0.29, 0.717) is 17.7 Å². The zero-order valence-electron chi connectivity index (χ0n) is 11.8. The summed E-state index contributed by atoms with van der Waals surface area (Å²) in [5, 5.41) is 3.36. The second-order valence-corrected chi connectivity index (χ2v) is 5.65. The molecule has 1 heterocycles. The van der Waals surface area contributed by atoms with Crippen LogP contribution in [0.3, 0.4) is 0 Å². The molecule has 0 aromatic heterocycles. The van der Waals surface area contributed by atoms with Gasteiger partial charge in [-0.1, -0.05) is 27.7 Å². The highest BCUT2D eigenvalue weighted by Gasteiger charge is 2.29. The highest BCUT2D eigenvalue weighted by Crippen LogP contribution is 2.17. The molecule has 1 N–H and O–H groups in total. The average molecular weight is 240 g/mol. The Labute approximate surface area is 106 Å². The molecule has 0 spiro atoms. The van der Waals surface area contributed by atoms with Crippen LogP contribution >= 0.6 is 0 Å². The first-order chi connectivity index (χ1) is 8.06. The normalized spacial score (nSPS) is 23.2. The second kappa shape index (κ2) is 7.00. The Hall–Kier alpha value is -0.570. The van der Waals surface area contributed by atoms with Crippen LogP contribution in [-0.4, -0.2) is 36.5 Å². The van der Waals surface area contributed by atoms with Crippen molar-refractivity contribution in [1.82, 2.24) is 10.2 Å². The molecule has 3 nitrogen and oxygen atoms in total. The van der Waals surface area contributed by atoms with Gasteiger partial charge in [-0.25, -0.2) is 0 Å². The summed E-state index contributed by atoms with van der Waals surface area (Å²) in [6.07, 6.45) is 3.23. The van der Waals surface area contributed by atoms with Gasteiger partial charge in [-0.3, -0.25) is 4.79 Å². The third-order valence-corrected chi connectivity index (χ3v) is 3.82. The van der Waals surface area contributed by atoms with Crippen LogP contribution in [0.1, 0.15) is 47.0 Å². The van der Waals surface area contributed by atoms with Crippen molar-refractivity contribution in [3.8, 4) is 0 Å². The van der Waals surface area contributed by atoms with Gasteiger partial charge in [0.15, 0.2) is 0 Å². The smallest absolute Gasteiger partial charge is 0.239 e. The van der Waals surface area contributed by atoms with Gasteiger partial charge in [0.2, 0.25) is 5.91 Å². The minimum Gasteiger partial charge on any atom is -0.341 e. The summed E-state index contributed by atoms with van der Waals surface area (Å²) in [4.78, 5) is 14.3. The van der Waals surface area contributed by atoms with Gasteiger partial charge in [-0.2, -0.15) is 0 Å². The number of nitrogens with zero attached hydrogens (tertiary/aromatic N) is 1. The van der Waals surface area contributed by atoms with Gasteiger partial charge >= 0.3 is 0 Å². The largest absolute Gasteiger partial charge is 0.341 e. The first kappa shape index (κ1) is 14.5. The van der Waals surface area contributed by atoms with Crippen LogP contribution in [-0.2, 0) is 4.79 Å². The van der Waals surface area contributed by atoms with Gasteiger partial charge in [0, 0.05) is 13.1 Å². The number of hydrogen-bond donors (Lipinski definition) is 1. The van der Waals surface area contributed by atoms with E-state index in [9.17, 15) is 4.79 Å². The SMILES string of the molecule is CCCNC1CCCN(CC(C)C(C)C)C1=O. The minimum atomic E-state index is 0.0723. The molecule has 1 aliphatic rings. The molecule has 2 unspecified atom stereocenters. The maximum absolute atomic E-state index is 12.3. The molecular weight excluding hydrogens is 212 g/mol. The van der Waals surface area contributed by atoms with E-state index < -0.39 is 0 Å². The molecule has 17 heavy (non-hydrogen) atoms. The first-order valence-electron chi connectivity index (χ1n) is 7.08. The van der Waals surface area contributed by atoms with Crippen LogP contribution in [0.15, 0.2) is 0 Å². The Morgan fingerprint density at radius 2 is 2.12 bits per heavy atom. The van der Waals surface area contributed by atoms with Crippen molar-refractivity contribution in [1.29, 1.82) is 0 Å². The van der Waals surface area contributed by atoms with E-state index in [1.165, 1.54) is 0 Å². The minimum absolute atomic E-state index is 0.0723. The van der Waals surface area contributed by atoms with Crippen LogP contribution in [0, 0.1) is 11.8 Å². The van der Waals surface area contributed by atoms with Crippen molar-refractivity contribution in [3.63, 3.8) is 0 Å². The average Bonchev–Trinajstić information content (AvgIpc) is 2.30. The van der Waals surface area contributed by atoms with Crippen molar-refractivity contribution >= 4 is 5.91 Å². The molecular formula is C14H28N2O. The molecule has 0 saturated carbocycles. The van der Waals surface area contributed by atoms with Crippen molar-refractivity contribution in [2.24, 2.45) is 11.8 Å². The number of carbonyl (C=O) groups excluding carboxylic acids is 1. The lowest BCUT2D eigenvalue weighted by Crippen LogP contribution is -2.52. The molecule has 0 bridgehead atoms. The molecule has 0 aromatic rings. The number of nitrogens with one attached hydrogen (secondary N) is 1. The number of amides is 1. The van der Waals surface area contributed by atoms with Gasteiger partial charge in [0.25, 0.3) is 0 Å². The van der Waals surface area contributed by atoms with E-state index in [-0.39, 0.29) is 6.04 Å². The molecule has 1 fully saturated rings. The molecule has 100 valence electrons. The Morgan fingerprint density at radius 3 is 2.71 bits per heavy atom. The number of rotatable bonds is 6. The van der Waals surface area contributed by atoms with E-state index in [4.69, 9.17) is 0 Å². The number of carbonyl (C=O) groups is 1. The Kier molecular flexibility index (Phi) is 5.96. The van der Waals surface area contributed by atoms with E-state index in [0.717, 1.165) is 38.9 Å². The van der Waals surface area contributed by atoms with Crippen LogP contribution in [0.2, 0.25) is 0 Å². The Balaban J connectivity index is 2.47. The molecule has 1 amide bonds. The zero-order chi connectivity index (χ0) is 12.8. The lowest BCUT2D eigenvalue weighted by Gasteiger charge is -2.35. The molecule has 1 saturated heterocycles. The van der Waals surface area contributed by atoms with Crippen molar-refractivity contribution in [2.75, 3.05) is 19.6 Å². The highest BCUT2D eigenvalue weighted by atomic mass is 16.2. The lowest BCUT2D eigenvalue weighted by molar-refractivity contribution is -0.136. The topological polar surface area (TPSA) is 32.3 Å². The van der Waals surface area contributed by atoms with E-state index in [1.54, 1.807) is 0 Å². The third kappa shape index (κ3) is 4.30. The monoisotopic (exact) mass is 240 g/mol. The molecule has 1 rings (SSSR count). The molecule has 2 atom stereocenters. The maximum atomic E-state index is 12.3. The van der Waals surface area contributed by atoms with Gasteiger partial charge in [-0.05, 0) is 37.6 Å². The summed E-state index contributed by atoms with van der Waals surface area (Å²) in [7, 11) is 0. The maximum Gasteiger partial charge on any atom is 0.239 e. The van der Waals surface area contributed by atoms with Crippen LogP contribution < -0.4 is 5.32 Å². The zero-order valence-corrected chi connectivity index (χ0v) is 11.8. The van der Waals surface area contributed by atoms with Crippen molar-refractivity contribution in [3.05, 3.63) is 0 Å². The quantitative estimate of drug-likeness (QED) is 0.772. The summed E-state index contributed by atoms with van der Waals surface area (Å²) in [6, 6.07) is 0.0723. The van der Waals surface area contributed by atoms with Gasteiger partial charge < -0.3 is 10.2 Å². The fraction of sp³-hybridized carbons (Fsp3) is 0.929. The van der Waals surface area contributed by atoms with E-state index in [1.807, 2.05) is 0 Å². The molecule has 3 heteroatoms. The van der Waals surface area contributed by atoms with Gasteiger partial charge in [-0.15, -0.1) is 0 Å². The molecule has 0 radical (unpaired) electrons. The van der Waals surface area contributed by atoms with Gasteiger partial charge in [0.05, 0.1) is 6.04 Å². The Morgan fingerprint density at radius 1 is 1.41 bits per heavy atom. The summed E-state index contributed by atoms with van der Waals surface area (Å²) < 4.78 is 0. The van der Waals surface area contributed by atoms with E-state index >= 15 is 0 Å². The second-order valence-electron chi connectivity index (χ2n) is 5.65. The highest BCUT2D eigenvalue weighted by molar-refractivity contribution is 5.82. The molecule has 0 aliphatic carbocycles. The Bertz CT molecular complexity index is 240. The summed E-state index contributed by atoms with van der Waals surface area (Å²) >= 11 is 0. The lowest BCUT2D eigenvalue weighted by atomic mass is 9.95. The van der Waals surface area contributed by atoms with Crippen LogP contribution in [0.5, 0.6) is 0 Å². The fourth-order valence-electron chi connectivity index (χ4n) is 2.19. The van der Waals surface area contributed by atoms with E-state index in [2.05, 4.69) is 37.9 Å². The number of piperidine rings is 1. The predicted octanol–water partition coefficient (Wildman–Crippen LogP) is 2.27. The standard InChI is InChI=1S/C14H28N2O/c1-5-8-15-13-7-6-9-16(14(13)17)10-12(4)11(2)3/h11-13,15H,5-10H2,1-4H3. The molecule has 0 aromatic carbocycles. The molecule has 1 aliphatic heterocycles. The van der Waals surface area contributed by atoms with Gasteiger partial charge in [0.1, 0.15) is 0 Å². The van der Waals surface area contributed by atoms with Crippen LogP contribution in [0.25, 0.3) is 0 Å². The van der Waals surface area contributed by atoms with Crippen molar-refractivity contribution in [2.45, 2.75) is 53.0 Å². The van der Waals surface area contributed by atoms with Crippen molar-refractivity contribution < 1.29 is 4.79 Å². The predicted molar refractivity (Wildman–Crippen MR) is 71.9 cm³/mol. The number of hydrogen-bond acceptors (Lipinski definition) is 2. The summed E-state index contributed by atoms with van der Waals surface area (Å²) in [5.41, 5.74) is 0. The number of likely N-dealkylation sites (tertiary alicyclic amines) is 1.